The second kappa shape index (κ2) is 14.9. The summed E-state index contributed by atoms with van der Waals surface area (Å²) in [5, 5.41) is 4.51. The highest BCUT2D eigenvalue weighted by atomic mass is 28.3. The zero-order valence-electron chi connectivity index (χ0n) is 26.4. The van der Waals surface area contributed by atoms with Crippen molar-refractivity contribution in [3.63, 3.8) is 0 Å². The Balaban J connectivity index is 1.50. The molecule has 0 bridgehead atoms. The van der Waals surface area contributed by atoms with Gasteiger partial charge in [0.15, 0.2) is 0 Å². The molecule has 0 spiro atoms. The second-order valence-corrected chi connectivity index (χ2v) is 14.9. The number of ether oxygens (including phenoxy) is 2. The van der Waals surface area contributed by atoms with Crippen LogP contribution in [-0.4, -0.2) is 55.9 Å². The monoisotopic (exact) mass is 625 g/mol. The van der Waals surface area contributed by atoms with Crippen molar-refractivity contribution in [3.05, 3.63) is 103 Å². The number of β-lactam (4-membered cyclic amide) rings is 1. The summed E-state index contributed by atoms with van der Waals surface area (Å²) in [6.07, 6.45) is 3.80. The zero-order chi connectivity index (χ0) is 32.5. The van der Waals surface area contributed by atoms with E-state index in [0.29, 0.717) is 24.3 Å². The van der Waals surface area contributed by atoms with Gasteiger partial charge in [-0.05, 0) is 63.4 Å². The summed E-state index contributed by atoms with van der Waals surface area (Å²) >= 11 is 0. The molecule has 2 N–H and O–H groups in total. The topological polar surface area (TPSA) is 109 Å². The molecule has 9 nitrogen and oxygen atoms in total. The van der Waals surface area contributed by atoms with Crippen molar-refractivity contribution in [2.75, 3.05) is 6.54 Å². The maximum atomic E-state index is 13.9. The van der Waals surface area contributed by atoms with E-state index in [4.69, 9.17) is 9.47 Å². The lowest BCUT2D eigenvalue weighted by atomic mass is 9.78. The molecule has 1 aliphatic heterocycles. The molecule has 1 aliphatic rings. The zero-order valence-corrected chi connectivity index (χ0v) is 27.4. The van der Waals surface area contributed by atoms with Crippen LogP contribution >= 0.6 is 0 Å². The number of guanidine groups is 1. The number of para-hydroxylation sites is 2. The van der Waals surface area contributed by atoms with Crippen molar-refractivity contribution in [2.24, 2.45) is 4.99 Å². The minimum absolute atomic E-state index is 0.0597. The Bertz CT molecular complexity index is 1450. The number of aliphatic imine (C=N–C) groups is 1. The van der Waals surface area contributed by atoms with E-state index in [1.54, 1.807) is 60.7 Å². The Kier molecular flexibility index (Phi) is 11.0. The predicted molar refractivity (Wildman–Crippen MR) is 179 cm³/mol. The van der Waals surface area contributed by atoms with E-state index in [0.717, 1.165) is 5.56 Å². The summed E-state index contributed by atoms with van der Waals surface area (Å²) < 4.78 is 10.6. The van der Waals surface area contributed by atoms with Crippen LogP contribution in [0.3, 0.4) is 0 Å². The van der Waals surface area contributed by atoms with E-state index in [9.17, 15) is 14.4 Å². The van der Waals surface area contributed by atoms with E-state index in [1.165, 1.54) is 0 Å². The van der Waals surface area contributed by atoms with Crippen LogP contribution in [0, 0.1) is 0 Å². The normalized spacial score (nSPS) is 17.9. The highest BCUT2D eigenvalue weighted by Gasteiger charge is 2.63. The molecule has 0 saturated carbocycles. The second-order valence-electron chi connectivity index (χ2n) is 12.0. The van der Waals surface area contributed by atoms with Crippen molar-refractivity contribution < 1.29 is 23.9 Å². The first-order valence-corrected chi connectivity index (χ1v) is 17.5. The van der Waals surface area contributed by atoms with Gasteiger partial charge < -0.3 is 14.4 Å². The number of likely N-dealkylation sites (tertiary alicyclic amines) is 1. The van der Waals surface area contributed by atoms with E-state index >= 15 is 0 Å². The van der Waals surface area contributed by atoms with Gasteiger partial charge in [-0.1, -0.05) is 92.0 Å². The van der Waals surface area contributed by atoms with Gasteiger partial charge in [-0.25, -0.2) is 9.59 Å². The molecule has 0 unspecified atom stereocenters. The first-order valence-electron chi connectivity index (χ1n) is 15.0. The Hall–Kier alpha value is -4.70. The van der Waals surface area contributed by atoms with Crippen LogP contribution in [0.25, 0.3) is 6.08 Å². The average Bonchev–Trinajstić information content (AvgIpc) is 2.99. The first-order chi connectivity index (χ1) is 21.5. The number of rotatable bonds is 9. The summed E-state index contributed by atoms with van der Waals surface area (Å²) in [6, 6.07) is 27.1. The summed E-state index contributed by atoms with van der Waals surface area (Å²) in [5.74, 6) is 0.728. The maximum Gasteiger partial charge on any atom is 0.419 e. The Labute approximate surface area is 266 Å². The number of hydrogen-bond acceptors (Lipinski definition) is 6. The summed E-state index contributed by atoms with van der Waals surface area (Å²) in [6.45, 7) is 10.8. The molecular weight excluding hydrogens is 584 g/mol. The van der Waals surface area contributed by atoms with Gasteiger partial charge in [-0.2, -0.15) is 0 Å². The van der Waals surface area contributed by atoms with Crippen LogP contribution in [0.1, 0.15) is 39.2 Å². The van der Waals surface area contributed by atoms with Crippen molar-refractivity contribution >= 4 is 38.9 Å². The molecule has 0 aliphatic carbocycles. The smallest absolute Gasteiger partial charge is 0.410 e. The quantitative estimate of drug-likeness (QED) is 0.0883. The molecule has 3 amide bonds. The van der Waals surface area contributed by atoms with Gasteiger partial charge in [-0.15, -0.1) is 0 Å². The summed E-state index contributed by atoms with van der Waals surface area (Å²) in [7, 11) is -1.10. The highest BCUT2D eigenvalue weighted by molar-refractivity contribution is 6.65. The maximum absolute atomic E-state index is 13.9. The molecule has 0 aromatic heterocycles. The Morgan fingerprint density at radius 3 is 1.82 bits per heavy atom. The van der Waals surface area contributed by atoms with Crippen LogP contribution in [0.2, 0.25) is 18.1 Å². The van der Waals surface area contributed by atoms with Gasteiger partial charge in [-0.3, -0.25) is 20.4 Å². The Morgan fingerprint density at radius 2 is 1.36 bits per heavy atom. The van der Waals surface area contributed by atoms with Crippen LogP contribution < -0.4 is 20.1 Å². The SMILES string of the molecule is C[Si](C)[C@@]1(CCCN=C(NC(=O)Oc2ccccc2)NC(=O)Oc2ccccc2)C(=O)N(C(C)(C)C)[C@@H]1/C=C/c1ccccc1. The largest absolute Gasteiger partial charge is 0.419 e. The van der Waals surface area contributed by atoms with Crippen molar-refractivity contribution in [1.29, 1.82) is 0 Å². The molecule has 4 rings (SSSR count). The van der Waals surface area contributed by atoms with Crippen LogP contribution in [0.4, 0.5) is 9.59 Å². The van der Waals surface area contributed by atoms with Crippen molar-refractivity contribution in [2.45, 2.75) is 63.3 Å². The van der Waals surface area contributed by atoms with E-state index < -0.39 is 26.0 Å². The number of nitrogens with zero attached hydrogens (tertiary/aromatic N) is 2. The number of carbonyl (C=O) groups is 3. The molecular formula is C35H41N4O5Si. The average molecular weight is 626 g/mol. The Morgan fingerprint density at radius 1 is 0.867 bits per heavy atom. The van der Waals surface area contributed by atoms with E-state index in [2.05, 4.69) is 61.6 Å². The van der Waals surface area contributed by atoms with Crippen LogP contribution in [-0.2, 0) is 4.79 Å². The van der Waals surface area contributed by atoms with Crippen molar-refractivity contribution in [3.8, 4) is 11.5 Å². The molecule has 1 heterocycles. The van der Waals surface area contributed by atoms with Gasteiger partial charge in [0.1, 0.15) is 11.5 Å². The molecule has 10 heteroatoms. The number of amides is 3. The summed E-state index contributed by atoms with van der Waals surface area (Å²) in [4.78, 5) is 45.7. The van der Waals surface area contributed by atoms with Gasteiger partial charge in [0, 0.05) is 12.1 Å². The fourth-order valence-corrected chi connectivity index (χ4v) is 7.51. The molecule has 2 atom stereocenters. The van der Waals surface area contributed by atoms with Crippen molar-refractivity contribution in [1.82, 2.24) is 15.5 Å². The fourth-order valence-electron chi connectivity index (χ4n) is 5.47. The number of benzene rings is 3. The van der Waals surface area contributed by atoms with Gasteiger partial charge in [0.2, 0.25) is 11.9 Å². The number of carbonyl (C=O) groups excluding carboxylic acids is 3. The molecule has 1 radical (unpaired) electrons. The first kappa shape index (κ1) is 33.2. The number of nitrogens with one attached hydrogen (secondary N) is 2. The van der Waals surface area contributed by atoms with Crippen LogP contribution in [0.15, 0.2) is 102 Å². The lowest BCUT2D eigenvalue weighted by Gasteiger charge is -2.62. The third kappa shape index (κ3) is 8.48. The molecule has 1 fully saturated rings. The van der Waals surface area contributed by atoms with E-state index in [1.807, 2.05) is 35.2 Å². The van der Waals surface area contributed by atoms with E-state index in [-0.39, 0.29) is 30.0 Å². The van der Waals surface area contributed by atoms with Gasteiger partial charge >= 0.3 is 12.2 Å². The minimum Gasteiger partial charge on any atom is -0.410 e. The lowest BCUT2D eigenvalue weighted by Crippen LogP contribution is -2.72. The fraction of sp³-hybridized carbons (Fsp3) is 0.314. The summed E-state index contributed by atoms with van der Waals surface area (Å²) in [5.41, 5.74) is 0.748. The predicted octanol–water partition coefficient (Wildman–Crippen LogP) is 6.92. The highest BCUT2D eigenvalue weighted by Crippen LogP contribution is 2.55. The third-order valence-electron chi connectivity index (χ3n) is 7.62. The minimum atomic E-state index is -1.10. The molecule has 45 heavy (non-hydrogen) atoms. The molecule has 1 saturated heterocycles. The van der Waals surface area contributed by atoms with Gasteiger partial charge in [0.05, 0.1) is 19.9 Å². The molecule has 3 aromatic rings. The molecule has 235 valence electrons. The lowest BCUT2D eigenvalue weighted by molar-refractivity contribution is -0.160. The standard InChI is InChI=1S/C35H41N4O5Si/c1-34(2,3)39-29(23-22-26-16-9-6-10-17-26)35(30(39)40,45(4)5)24-15-25-36-31(37-32(41)43-27-18-11-7-12-19-27)38-33(42)44-28-20-13-8-14-21-28/h6-14,16-23,29H,15,24-25H2,1-5H3,(H2,36,37,38,41,42)/b23-22+/t29-,35-/m1/s1. The third-order valence-corrected chi connectivity index (χ3v) is 10.2. The van der Waals surface area contributed by atoms with Gasteiger partial charge in [0.25, 0.3) is 0 Å². The molecule has 3 aromatic carbocycles. The van der Waals surface area contributed by atoms with Crippen LogP contribution in [0.5, 0.6) is 11.5 Å². The number of hydrogen-bond donors (Lipinski definition) is 2.